The summed E-state index contributed by atoms with van der Waals surface area (Å²) in [4.78, 5) is 4.96. The predicted molar refractivity (Wildman–Crippen MR) is 63.7 cm³/mol. The average Bonchev–Trinajstić information content (AvgIpc) is 2.80. The molecule has 73 valence electrons. The molecule has 0 N–H and O–H groups in total. The third kappa shape index (κ3) is 1.39. The van der Waals surface area contributed by atoms with Gasteiger partial charge in [0, 0.05) is 0 Å². The fourth-order valence-corrected chi connectivity index (χ4v) is 7.66. The number of likely N-dealkylation sites (N-methyl/N-ethyl adjacent to an activating group) is 1. The zero-order valence-electron chi connectivity index (χ0n) is 7.26. The van der Waals surface area contributed by atoms with E-state index >= 15 is 0 Å². The maximum atomic E-state index is 4.57. The Morgan fingerprint density at radius 3 is 3.21 bits per heavy atom. The Labute approximate surface area is 102 Å². The van der Waals surface area contributed by atoms with E-state index in [1.54, 1.807) is 0 Å². The molecular formula is C7H6N3S2Se2. The van der Waals surface area contributed by atoms with E-state index in [1.165, 1.54) is 21.5 Å². The van der Waals surface area contributed by atoms with Crippen molar-refractivity contribution < 1.29 is 0 Å². The molecule has 0 fully saturated rings. The molecule has 0 bridgehead atoms. The van der Waals surface area contributed by atoms with Gasteiger partial charge in [0.05, 0.1) is 0 Å². The van der Waals surface area contributed by atoms with E-state index in [-0.39, 0.29) is 0 Å². The zero-order chi connectivity index (χ0) is 9.54. The molecule has 0 aromatic heterocycles. The molecule has 3 rings (SSSR count). The summed E-state index contributed by atoms with van der Waals surface area (Å²) in [5.74, 6) is 2.33. The molecule has 3 nitrogen and oxygen atoms in total. The molecule has 14 heavy (non-hydrogen) atoms. The van der Waals surface area contributed by atoms with Gasteiger partial charge in [-0.15, -0.1) is 0 Å². The van der Waals surface area contributed by atoms with Crippen molar-refractivity contribution in [1.82, 2.24) is 9.23 Å². The first-order valence-electron chi connectivity index (χ1n) is 4.10. The first-order chi connectivity index (χ1) is 6.90. The summed E-state index contributed by atoms with van der Waals surface area (Å²) in [5.41, 5.74) is 0. The van der Waals surface area contributed by atoms with Crippen LogP contribution in [0, 0.1) is 0 Å². The Kier molecular flexibility index (Phi) is 2.64. The van der Waals surface area contributed by atoms with Crippen LogP contribution < -0.4 is 4.33 Å². The van der Waals surface area contributed by atoms with Crippen LogP contribution >= 0.6 is 20.4 Å². The van der Waals surface area contributed by atoms with Crippen molar-refractivity contribution in [2.75, 3.05) is 6.54 Å². The molecule has 0 atom stereocenters. The van der Waals surface area contributed by atoms with Crippen LogP contribution in [0.15, 0.2) is 25.7 Å². The van der Waals surface area contributed by atoms with Crippen molar-refractivity contribution in [2.24, 2.45) is 4.01 Å². The van der Waals surface area contributed by atoms with Crippen molar-refractivity contribution in [2.45, 2.75) is 6.92 Å². The Morgan fingerprint density at radius 2 is 2.36 bits per heavy atom. The molecule has 0 saturated heterocycles. The van der Waals surface area contributed by atoms with Crippen LogP contribution in [0.5, 0.6) is 0 Å². The molecule has 3 heterocycles. The van der Waals surface area contributed by atoms with Crippen molar-refractivity contribution in [1.29, 1.82) is 0 Å². The van der Waals surface area contributed by atoms with Gasteiger partial charge in [-0.1, -0.05) is 0 Å². The normalized spacial score (nSPS) is 24.2. The summed E-state index contributed by atoms with van der Waals surface area (Å²) in [6.45, 7) is 3.14. The maximum absolute atomic E-state index is 4.57. The molecule has 0 saturated carbocycles. The second kappa shape index (κ2) is 3.81. The molecule has 1 radical (unpaired) electrons. The average molecular weight is 354 g/mol. The van der Waals surface area contributed by atoms with Gasteiger partial charge in [-0.05, 0) is 0 Å². The predicted octanol–water partition coefficient (Wildman–Crippen LogP) is 0.940. The summed E-state index contributed by atoms with van der Waals surface area (Å²) < 4.78 is 9.15. The first kappa shape index (κ1) is 9.70. The molecule has 0 amide bonds. The number of nitrogens with zero attached hydrogens (tertiary/aromatic N) is 3. The van der Waals surface area contributed by atoms with E-state index in [1.807, 2.05) is 20.4 Å². The van der Waals surface area contributed by atoms with Crippen LogP contribution in [0.2, 0.25) is 0 Å². The topological polar surface area (TPSA) is 29.7 Å². The summed E-state index contributed by atoms with van der Waals surface area (Å²) in [6.07, 6.45) is 2.27. The Balaban J connectivity index is 2.07. The van der Waals surface area contributed by atoms with Gasteiger partial charge in [-0.2, -0.15) is 0 Å². The number of rotatable bonds is 1. The second-order valence-electron chi connectivity index (χ2n) is 2.76. The van der Waals surface area contributed by atoms with E-state index in [0.29, 0.717) is 28.1 Å². The Bertz CT molecular complexity index is 377. The molecule has 0 aromatic rings. The van der Waals surface area contributed by atoms with Gasteiger partial charge >= 0.3 is 103 Å². The Hall–Kier alpha value is 0.489. The van der Waals surface area contributed by atoms with Crippen LogP contribution in [-0.4, -0.2) is 45.4 Å². The summed E-state index contributed by atoms with van der Waals surface area (Å²) >= 11 is 0.703. The van der Waals surface area contributed by atoms with Crippen LogP contribution in [0.3, 0.4) is 0 Å². The fourth-order valence-electron chi connectivity index (χ4n) is 1.41. The van der Waals surface area contributed by atoms with Crippen LogP contribution in [-0.2, 0) is 0 Å². The van der Waals surface area contributed by atoms with Gasteiger partial charge in [0.25, 0.3) is 0 Å². The third-order valence-electron chi connectivity index (χ3n) is 2.03. The van der Waals surface area contributed by atoms with Crippen molar-refractivity contribution >= 4 is 54.3 Å². The van der Waals surface area contributed by atoms with E-state index < -0.39 is 0 Å². The van der Waals surface area contributed by atoms with E-state index in [4.69, 9.17) is 0 Å². The quantitative estimate of drug-likeness (QED) is 0.657. The molecule has 7 heteroatoms. The molecule has 0 spiro atoms. The second-order valence-corrected chi connectivity index (χ2v) is 9.01. The molecule has 0 aromatic carbocycles. The van der Waals surface area contributed by atoms with Gasteiger partial charge in [0.15, 0.2) is 0 Å². The van der Waals surface area contributed by atoms with Crippen LogP contribution in [0.4, 0.5) is 0 Å². The SMILES string of the molecule is CCN1C2=N[Se]SC2=CC2=C1[N][Se]S2. The number of hydrogen-bond acceptors (Lipinski definition) is 4. The van der Waals surface area contributed by atoms with Crippen molar-refractivity contribution in [3.63, 3.8) is 0 Å². The van der Waals surface area contributed by atoms with Gasteiger partial charge in [-0.3, -0.25) is 0 Å². The molecule has 0 aliphatic carbocycles. The number of allylic oxidation sites excluding steroid dienone is 1. The van der Waals surface area contributed by atoms with Gasteiger partial charge in [0.1, 0.15) is 0 Å². The monoisotopic (exact) mass is 356 g/mol. The summed E-state index contributed by atoms with van der Waals surface area (Å²) in [7, 11) is 3.78. The number of amidine groups is 1. The van der Waals surface area contributed by atoms with Gasteiger partial charge in [-0.25, -0.2) is 0 Å². The van der Waals surface area contributed by atoms with Crippen molar-refractivity contribution in [3.05, 3.63) is 21.7 Å². The standard InChI is InChI=1S/C7H6N3S2Se2/c1-2-10-6-4(11-13-8-6)3-5-7(10)9-14-12-5/h3H,2H2,1H3. The summed E-state index contributed by atoms with van der Waals surface area (Å²) in [5, 5.41) is 0. The number of fused-ring (bicyclic) bond motifs is 1. The Morgan fingerprint density at radius 1 is 1.43 bits per heavy atom. The van der Waals surface area contributed by atoms with Crippen LogP contribution in [0.25, 0.3) is 0 Å². The molecule has 0 unspecified atom stereocenters. The summed E-state index contributed by atoms with van der Waals surface area (Å²) in [6, 6.07) is 0. The van der Waals surface area contributed by atoms with E-state index in [2.05, 4.69) is 26.2 Å². The first-order valence-corrected chi connectivity index (χ1v) is 11.3. The van der Waals surface area contributed by atoms with Crippen LogP contribution in [0.1, 0.15) is 6.92 Å². The van der Waals surface area contributed by atoms with Gasteiger partial charge < -0.3 is 0 Å². The minimum absolute atomic E-state index is 0.351. The van der Waals surface area contributed by atoms with Crippen molar-refractivity contribution in [3.8, 4) is 0 Å². The van der Waals surface area contributed by atoms with E-state index in [0.717, 1.165) is 6.54 Å². The molecule has 3 aliphatic heterocycles. The molecular weight excluding hydrogens is 348 g/mol. The minimum atomic E-state index is 0.351. The zero-order valence-corrected chi connectivity index (χ0v) is 12.3. The number of hydrogen-bond donors (Lipinski definition) is 0. The van der Waals surface area contributed by atoms with E-state index in [9.17, 15) is 0 Å². The molecule has 3 aliphatic rings. The van der Waals surface area contributed by atoms with Gasteiger partial charge in [0.2, 0.25) is 0 Å². The fraction of sp³-hybridized carbons (Fsp3) is 0.286. The third-order valence-corrected chi connectivity index (χ3v) is 8.15.